The molecule has 1 amide bonds. The SMILES string of the molecule is CC(C)(NC(=O)c1cnc(-c2ccccc2F)s1)c1ccc2c(c1)OCO2. The molecule has 2 aromatic carbocycles. The summed E-state index contributed by atoms with van der Waals surface area (Å²) in [5.74, 6) is 0.726. The fourth-order valence-electron chi connectivity index (χ4n) is 2.84. The third kappa shape index (κ3) is 3.38. The number of rotatable bonds is 4. The molecule has 0 radical (unpaired) electrons. The Hall–Kier alpha value is -2.93. The van der Waals surface area contributed by atoms with Crippen molar-refractivity contribution in [3.05, 3.63) is 64.9 Å². The summed E-state index contributed by atoms with van der Waals surface area (Å²) in [4.78, 5) is 17.3. The molecule has 3 aromatic rings. The Labute approximate surface area is 159 Å². The summed E-state index contributed by atoms with van der Waals surface area (Å²) < 4.78 is 24.7. The van der Waals surface area contributed by atoms with Crippen molar-refractivity contribution in [1.82, 2.24) is 10.3 Å². The van der Waals surface area contributed by atoms with Crippen LogP contribution in [0.1, 0.15) is 29.1 Å². The third-order valence-electron chi connectivity index (χ3n) is 4.35. The monoisotopic (exact) mass is 384 g/mol. The van der Waals surface area contributed by atoms with Gasteiger partial charge in [0.05, 0.1) is 11.7 Å². The Morgan fingerprint density at radius 3 is 2.78 bits per heavy atom. The highest BCUT2D eigenvalue weighted by atomic mass is 32.1. The quantitative estimate of drug-likeness (QED) is 0.727. The molecule has 1 aliphatic heterocycles. The first-order valence-corrected chi connectivity index (χ1v) is 9.19. The van der Waals surface area contributed by atoms with Crippen LogP contribution >= 0.6 is 11.3 Å². The summed E-state index contributed by atoms with van der Waals surface area (Å²) in [6.45, 7) is 4.01. The second-order valence-corrected chi connectivity index (χ2v) is 7.69. The lowest BCUT2D eigenvalue weighted by molar-refractivity contribution is 0.0916. The fraction of sp³-hybridized carbons (Fsp3) is 0.200. The molecule has 1 aliphatic rings. The van der Waals surface area contributed by atoms with Crippen LogP contribution in [0, 0.1) is 5.82 Å². The highest BCUT2D eigenvalue weighted by molar-refractivity contribution is 7.16. The van der Waals surface area contributed by atoms with Crippen molar-refractivity contribution in [3.63, 3.8) is 0 Å². The highest BCUT2D eigenvalue weighted by Crippen LogP contribution is 2.36. The number of nitrogens with one attached hydrogen (secondary N) is 1. The lowest BCUT2D eigenvalue weighted by Gasteiger charge is -2.26. The van der Waals surface area contributed by atoms with E-state index in [4.69, 9.17) is 9.47 Å². The molecule has 0 atom stereocenters. The molecule has 1 aromatic heterocycles. The average Bonchev–Trinajstić information content (AvgIpc) is 3.30. The smallest absolute Gasteiger partial charge is 0.263 e. The Bertz CT molecular complexity index is 1020. The van der Waals surface area contributed by atoms with Crippen LogP contribution in [0.5, 0.6) is 11.5 Å². The third-order valence-corrected chi connectivity index (χ3v) is 5.38. The van der Waals surface area contributed by atoms with E-state index in [2.05, 4.69) is 10.3 Å². The molecule has 0 bridgehead atoms. The normalized spacial score (nSPS) is 12.9. The fourth-order valence-corrected chi connectivity index (χ4v) is 3.68. The first-order chi connectivity index (χ1) is 12.9. The van der Waals surface area contributed by atoms with Gasteiger partial charge < -0.3 is 14.8 Å². The average molecular weight is 384 g/mol. The molecule has 5 nitrogen and oxygen atoms in total. The van der Waals surface area contributed by atoms with Crippen LogP contribution in [0.25, 0.3) is 10.6 Å². The van der Waals surface area contributed by atoms with Crippen LogP contribution < -0.4 is 14.8 Å². The number of fused-ring (bicyclic) bond motifs is 1. The van der Waals surface area contributed by atoms with Gasteiger partial charge in [-0.1, -0.05) is 18.2 Å². The molecule has 0 fully saturated rings. The molecule has 7 heteroatoms. The van der Waals surface area contributed by atoms with Gasteiger partial charge >= 0.3 is 0 Å². The van der Waals surface area contributed by atoms with E-state index in [1.165, 1.54) is 12.3 Å². The Morgan fingerprint density at radius 1 is 1.19 bits per heavy atom. The minimum Gasteiger partial charge on any atom is -0.454 e. The summed E-state index contributed by atoms with van der Waals surface area (Å²) >= 11 is 1.16. The van der Waals surface area contributed by atoms with E-state index in [1.54, 1.807) is 18.2 Å². The number of halogens is 1. The Kier molecular flexibility index (Phi) is 4.31. The van der Waals surface area contributed by atoms with E-state index in [9.17, 15) is 9.18 Å². The highest BCUT2D eigenvalue weighted by Gasteiger charge is 2.27. The minimum absolute atomic E-state index is 0.200. The zero-order chi connectivity index (χ0) is 19.0. The van der Waals surface area contributed by atoms with Crippen LogP contribution in [0.3, 0.4) is 0 Å². The molecule has 2 heterocycles. The molecule has 0 saturated heterocycles. The van der Waals surface area contributed by atoms with Gasteiger partial charge in [-0.25, -0.2) is 9.37 Å². The maximum Gasteiger partial charge on any atom is 0.263 e. The summed E-state index contributed by atoms with van der Waals surface area (Å²) in [6.07, 6.45) is 1.47. The number of benzene rings is 2. The lowest BCUT2D eigenvalue weighted by Crippen LogP contribution is -2.40. The minimum atomic E-state index is -0.639. The maximum atomic E-state index is 13.9. The van der Waals surface area contributed by atoms with E-state index in [-0.39, 0.29) is 18.5 Å². The topological polar surface area (TPSA) is 60.5 Å². The van der Waals surface area contributed by atoms with Crippen LogP contribution in [0.4, 0.5) is 4.39 Å². The van der Waals surface area contributed by atoms with Gasteiger partial charge in [-0.3, -0.25) is 4.79 Å². The molecule has 0 spiro atoms. The van der Waals surface area contributed by atoms with Crippen molar-refractivity contribution in [2.75, 3.05) is 6.79 Å². The van der Waals surface area contributed by atoms with Crippen molar-refractivity contribution in [2.45, 2.75) is 19.4 Å². The molecule has 0 saturated carbocycles. The van der Waals surface area contributed by atoms with Gasteiger partial charge in [0.15, 0.2) is 11.5 Å². The largest absolute Gasteiger partial charge is 0.454 e. The lowest BCUT2D eigenvalue weighted by atomic mass is 9.93. The molecule has 27 heavy (non-hydrogen) atoms. The molecular weight excluding hydrogens is 367 g/mol. The maximum absolute atomic E-state index is 13.9. The van der Waals surface area contributed by atoms with Crippen LogP contribution in [0.15, 0.2) is 48.7 Å². The number of hydrogen-bond donors (Lipinski definition) is 1. The first-order valence-electron chi connectivity index (χ1n) is 8.37. The number of carbonyl (C=O) groups excluding carboxylic acids is 1. The summed E-state index contributed by atoms with van der Waals surface area (Å²) in [5, 5.41) is 3.47. The van der Waals surface area contributed by atoms with Gasteiger partial charge in [-0.15, -0.1) is 11.3 Å². The molecule has 1 N–H and O–H groups in total. The van der Waals surface area contributed by atoms with Crippen molar-refractivity contribution in [1.29, 1.82) is 0 Å². The molecule has 0 aliphatic carbocycles. The van der Waals surface area contributed by atoms with E-state index in [1.807, 2.05) is 32.0 Å². The van der Waals surface area contributed by atoms with Gasteiger partial charge in [0.25, 0.3) is 5.91 Å². The van der Waals surface area contributed by atoms with Gasteiger partial charge in [0.1, 0.15) is 15.7 Å². The predicted octanol–water partition coefficient (Wildman–Crippen LogP) is 4.34. The predicted molar refractivity (Wildman–Crippen MR) is 101 cm³/mol. The first kappa shape index (κ1) is 17.5. The number of hydrogen-bond acceptors (Lipinski definition) is 5. The number of carbonyl (C=O) groups is 1. The number of amides is 1. The number of thiazole rings is 1. The van der Waals surface area contributed by atoms with Gasteiger partial charge in [0.2, 0.25) is 6.79 Å². The molecule has 0 unspecified atom stereocenters. The summed E-state index contributed by atoms with van der Waals surface area (Å²) in [5.41, 5.74) is 0.635. The van der Waals surface area contributed by atoms with Crippen LogP contribution in [0.2, 0.25) is 0 Å². The second-order valence-electron chi connectivity index (χ2n) is 6.66. The van der Waals surface area contributed by atoms with Crippen LogP contribution in [-0.4, -0.2) is 17.7 Å². The van der Waals surface area contributed by atoms with Gasteiger partial charge in [-0.2, -0.15) is 0 Å². The van der Waals surface area contributed by atoms with Gasteiger partial charge in [0, 0.05) is 5.56 Å². The molecule has 4 rings (SSSR count). The van der Waals surface area contributed by atoms with Crippen molar-refractivity contribution in [3.8, 4) is 22.1 Å². The van der Waals surface area contributed by atoms with Crippen molar-refractivity contribution >= 4 is 17.2 Å². The standard InChI is InChI=1S/C20H17FN2O3S/c1-20(2,12-7-8-15-16(9-12)26-11-25-15)23-18(24)17-10-22-19(27-17)13-5-3-4-6-14(13)21/h3-10H,11H2,1-2H3,(H,23,24). The zero-order valence-electron chi connectivity index (χ0n) is 14.8. The van der Waals surface area contributed by atoms with E-state index >= 15 is 0 Å². The van der Waals surface area contributed by atoms with E-state index in [0.717, 1.165) is 16.9 Å². The number of nitrogens with zero attached hydrogens (tertiary/aromatic N) is 1. The zero-order valence-corrected chi connectivity index (χ0v) is 15.6. The Balaban J connectivity index is 1.54. The second kappa shape index (κ2) is 6.66. The van der Waals surface area contributed by atoms with E-state index in [0.29, 0.717) is 26.9 Å². The molecule has 138 valence electrons. The number of aromatic nitrogens is 1. The van der Waals surface area contributed by atoms with E-state index < -0.39 is 5.54 Å². The van der Waals surface area contributed by atoms with Crippen LogP contribution in [-0.2, 0) is 5.54 Å². The van der Waals surface area contributed by atoms with Crippen molar-refractivity contribution < 1.29 is 18.7 Å². The summed E-state index contributed by atoms with van der Waals surface area (Å²) in [7, 11) is 0. The van der Waals surface area contributed by atoms with Gasteiger partial charge in [-0.05, 0) is 43.7 Å². The Morgan fingerprint density at radius 2 is 1.96 bits per heavy atom. The summed E-state index contributed by atoms with van der Waals surface area (Å²) in [6, 6.07) is 12.0. The molecular formula is C20H17FN2O3S. The van der Waals surface area contributed by atoms with Crippen molar-refractivity contribution in [2.24, 2.45) is 0 Å². The number of ether oxygens (including phenoxy) is 2.